The number of rotatable bonds is 4. The predicted octanol–water partition coefficient (Wildman–Crippen LogP) is 10.6. The summed E-state index contributed by atoms with van der Waals surface area (Å²) < 4.78 is 8.44. The monoisotopic (exact) mass is 550 g/mol. The number of hydrogen-bond acceptors (Lipinski definition) is 3. The number of benzene rings is 6. The van der Waals surface area contributed by atoms with Crippen molar-refractivity contribution >= 4 is 66.5 Å². The normalized spacial score (nSPS) is 11.2. The molecule has 6 aromatic carbocycles. The molecule has 0 aliphatic carbocycles. The molecule has 0 spiro atoms. The van der Waals surface area contributed by atoms with E-state index in [-0.39, 0.29) is 0 Å². The van der Waals surface area contributed by atoms with Crippen LogP contribution in [0.25, 0.3) is 54.3 Å². The van der Waals surface area contributed by atoms with Gasteiger partial charge in [-0.3, -0.25) is 0 Å². The Hall–Kier alpha value is -6.30. The van der Waals surface area contributed by atoms with E-state index in [4.69, 9.17) is 11.0 Å². The molecular formula is C38H22N4O. The molecule has 200 valence electrons. The van der Waals surface area contributed by atoms with Gasteiger partial charge in [-0.15, -0.1) is 0 Å². The molecule has 0 bridgehead atoms. The summed E-state index contributed by atoms with van der Waals surface area (Å²) >= 11 is 0. The minimum absolute atomic E-state index is 0.391. The van der Waals surface area contributed by atoms with Gasteiger partial charge in [-0.1, -0.05) is 72.8 Å². The van der Waals surface area contributed by atoms with Gasteiger partial charge < -0.3 is 13.9 Å². The van der Waals surface area contributed by atoms with Gasteiger partial charge >= 0.3 is 0 Å². The summed E-state index contributed by atoms with van der Waals surface area (Å²) in [4.78, 5) is 5.89. The number of para-hydroxylation sites is 4. The SMILES string of the molecule is [C-]#[N+]c1cc(C#N)c(-n2c3ccccc3c3ccccc32)c(N(c2ccccc2)c2ccc3c(c2)oc2ccccc23)c1. The van der Waals surface area contributed by atoms with Gasteiger partial charge in [-0.05, 0) is 54.6 Å². The predicted molar refractivity (Wildman–Crippen MR) is 174 cm³/mol. The number of nitriles is 1. The van der Waals surface area contributed by atoms with Crippen molar-refractivity contribution in [2.75, 3.05) is 4.90 Å². The number of anilines is 3. The van der Waals surface area contributed by atoms with E-state index in [1.165, 1.54) is 0 Å². The first-order valence-corrected chi connectivity index (χ1v) is 14.0. The second-order valence-corrected chi connectivity index (χ2v) is 10.4. The lowest BCUT2D eigenvalue weighted by molar-refractivity contribution is 0.669. The molecule has 5 heteroatoms. The maximum Gasteiger partial charge on any atom is 0.190 e. The largest absolute Gasteiger partial charge is 0.456 e. The summed E-state index contributed by atoms with van der Waals surface area (Å²) in [6.45, 7) is 7.91. The van der Waals surface area contributed by atoms with Crippen molar-refractivity contribution in [2.24, 2.45) is 0 Å². The zero-order chi connectivity index (χ0) is 28.9. The lowest BCUT2D eigenvalue weighted by Crippen LogP contribution is -2.14. The maximum absolute atomic E-state index is 10.6. The highest BCUT2D eigenvalue weighted by Gasteiger charge is 2.24. The molecule has 0 N–H and O–H groups in total. The molecule has 0 aliphatic heterocycles. The standard InChI is InChI=1S/C38H22N4O/c1-40-26-21-25(24-39)38(42-33-16-8-5-13-29(33)30-14-6-9-17-34(30)42)35(22-26)41(27-11-3-2-4-12-27)28-19-20-32-31-15-7-10-18-36(31)43-37(32)23-28/h2-23H. The number of furan rings is 1. The third-order valence-corrected chi connectivity index (χ3v) is 8.00. The van der Waals surface area contributed by atoms with Gasteiger partial charge in [0.15, 0.2) is 5.69 Å². The van der Waals surface area contributed by atoms with Crippen LogP contribution >= 0.6 is 0 Å². The molecule has 2 heterocycles. The zero-order valence-corrected chi connectivity index (χ0v) is 22.9. The molecule has 0 amide bonds. The molecule has 0 unspecified atom stereocenters. The van der Waals surface area contributed by atoms with Gasteiger partial charge in [0.05, 0.1) is 34.5 Å². The van der Waals surface area contributed by atoms with E-state index in [0.29, 0.717) is 16.9 Å². The average molecular weight is 551 g/mol. The van der Waals surface area contributed by atoms with Gasteiger partial charge in [0, 0.05) is 39.0 Å². The van der Waals surface area contributed by atoms with Crippen LogP contribution in [0.1, 0.15) is 5.56 Å². The number of nitrogens with zero attached hydrogens (tertiary/aromatic N) is 4. The molecule has 0 aliphatic rings. The summed E-state index contributed by atoms with van der Waals surface area (Å²) in [5.74, 6) is 0. The van der Waals surface area contributed by atoms with Crippen molar-refractivity contribution in [3.63, 3.8) is 0 Å². The van der Waals surface area contributed by atoms with E-state index in [9.17, 15) is 5.26 Å². The fourth-order valence-corrected chi connectivity index (χ4v) is 6.18. The molecule has 0 radical (unpaired) electrons. The molecule has 0 atom stereocenters. The number of aromatic nitrogens is 1. The molecule has 0 saturated heterocycles. The van der Waals surface area contributed by atoms with Crippen molar-refractivity contribution in [3.05, 3.63) is 150 Å². The van der Waals surface area contributed by atoms with Gasteiger partial charge in [-0.2, -0.15) is 5.26 Å². The van der Waals surface area contributed by atoms with E-state index in [1.54, 1.807) is 6.07 Å². The molecular weight excluding hydrogens is 528 g/mol. The first kappa shape index (κ1) is 24.5. The van der Waals surface area contributed by atoms with Crippen LogP contribution in [-0.2, 0) is 0 Å². The molecule has 0 fully saturated rings. The molecule has 2 aromatic heterocycles. The van der Waals surface area contributed by atoms with Crippen LogP contribution in [0.15, 0.2) is 138 Å². The topological polar surface area (TPSA) is 49.5 Å². The summed E-state index contributed by atoms with van der Waals surface area (Å²) in [5.41, 5.74) is 7.54. The van der Waals surface area contributed by atoms with Crippen LogP contribution in [0, 0.1) is 17.9 Å². The van der Waals surface area contributed by atoms with E-state index in [1.807, 2.05) is 84.9 Å². The fourth-order valence-electron chi connectivity index (χ4n) is 6.18. The quantitative estimate of drug-likeness (QED) is 0.205. The minimum Gasteiger partial charge on any atom is -0.456 e. The highest BCUT2D eigenvalue weighted by Crippen LogP contribution is 2.45. The Morgan fingerprint density at radius 3 is 1.95 bits per heavy atom. The van der Waals surface area contributed by atoms with Gasteiger partial charge in [0.25, 0.3) is 0 Å². The average Bonchev–Trinajstić information content (AvgIpc) is 3.60. The van der Waals surface area contributed by atoms with Gasteiger partial charge in [0.2, 0.25) is 0 Å². The highest BCUT2D eigenvalue weighted by molar-refractivity contribution is 6.10. The lowest BCUT2D eigenvalue weighted by Gasteiger charge is -2.29. The first-order chi connectivity index (χ1) is 21.2. The highest BCUT2D eigenvalue weighted by atomic mass is 16.3. The Morgan fingerprint density at radius 2 is 1.26 bits per heavy atom. The third-order valence-electron chi connectivity index (χ3n) is 8.00. The second-order valence-electron chi connectivity index (χ2n) is 10.4. The Bertz CT molecular complexity index is 2380. The summed E-state index contributed by atoms with van der Waals surface area (Å²) in [6, 6.07) is 46.7. The van der Waals surface area contributed by atoms with Crippen molar-refractivity contribution < 1.29 is 4.42 Å². The lowest BCUT2D eigenvalue weighted by atomic mass is 10.1. The molecule has 8 aromatic rings. The minimum atomic E-state index is 0.391. The molecule has 5 nitrogen and oxygen atoms in total. The Balaban J connectivity index is 1.49. The fraction of sp³-hybridized carbons (Fsp3) is 0. The first-order valence-electron chi connectivity index (χ1n) is 14.0. The summed E-state index contributed by atoms with van der Waals surface area (Å²) in [6.07, 6.45) is 0. The molecule has 0 saturated carbocycles. The van der Waals surface area contributed by atoms with E-state index < -0.39 is 0 Å². The van der Waals surface area contributed by atoms with Crippen molar-refractivity contribution in [2.45, 2.75) is 0 Å². The van der Waals surface area contributed by atoms with Gasteiger partial charge in [0.1, 0.15) is 17.2 Å². The third kappa shape index (κ3) is 3.77. The van der Waals surface area contributed by atoms with Crippen LogP contribution in [0.3, 0.4) is 0 Å². The van der Waals surface area contributed by atoms with Crippen molar-refractivity contribution in [3.8, 4) is 11.8 Å². The van der Waals surface area contributed by atoms with Crippen molar-refractivity contribution in [1.82, 2.24) is 4.57 Å². The summed E-state index contributed by atoms with van der Waals surface area (Å²) in [7, 11) is 0. The number of hydrogen-bond donors (Lipinski definition) is 0. The smallest absolute Gasteiger partial charge is 0.190 e. The van der Waals surface area contributed by atoms with Crippen LogP contribution in [-0.4, -0.2) is 4.57 Å². The van der Waals surface area contributed by atoms with Crippen LogP contribution in [0.5, 0.6) is 0 Å². The second kappa shape index (κ2) is 9.66. The molecule has 43 heavy (non-hydrogen) atoms. The molecule has 8 rings (SSSR count). The van der Waals surface area contributed by atoms with Crippen LogP contribution in [0.2, 0.25) is 0 Å². The van der Waals surface area contributed by atoms with Crippen LogP contribution in [0.4, 0.5) is 22.7 Å². The van der Waals surface area contributed by atoms with Crippen molar-refractivity contribution in [1.29, 1.82) is 5.26 Å². The van der Waals surface area contributed by atoms with E-state index in [0.717, 1.165) is 60.8 Å². The zero-order valence-electron chi connectivity index (χ0n) is 22.9. The maximum atomic E-state index is 10.6. The van der Waals surface area contributed by atoms with E-state index >= 15 is 0 Å². The van der Waals surface area contributed by atoms with Gasteiger partial charge in [-0.25, -0.2) is 4.85 Å². The Morgan fingerprint density at radius 1 is 0.628 bits per heavy atom. The Labute approximate surface area is 247 Å². The van der Waals surface area contributed by atoms with Crippen LogP contribution < -0.4 is 4.90 Å². The summed E-state index contributed by atoms with van der Waals surface area (Å²) in [5, 5.41) is 14.8. The Kier molecular flexibility index (Phi) is 5.50. The van der Waals surface area contributed by atoms with E-state index in [2.05, 4.69) is 62.8 Å². The number of fused-ring (bicyclic) bond motifs is 6.